The minimum absolute atomic E-state index is 0.133. The molecule has 0 spiro atoms. The van der Waals surface area contributed by atoms with E-state index in [0.717, 1.165) is 40.9 Å². The van der Waals surface area contributed by atoms with Crippen LogP contribution < -0.4 is 10.6 Å². The number of aliphatic imine (C=N–C) groups is 1. The second-order valence-corrected chi connectivity index (χ2v) is 11.0. The Morgan fingerprint density at radius 2 is 1.92 bits per heavy atom. The third-order valence-corrected chi connectivity index (χ3v) is 7.74. The molecule has 0 saturated carbocycles. The molecule has 2 heterocycles. The van der Waals surface area contributed by atoms with E-state index in [0.29, 0.717) is 36.4 Å². The maximum atomic E-state index is 14.6. The smallest absolute Gasteiger partial charge is 0.319 e. The summed E-state index contributed by atoms with van der Waals surface area (Å²) >= 11 is 0. The van der Waals surface area contributed by atoms with Crippen molar-refractivity contribution >= 4 is 23.5 Å². The minimum Gasteiger partial charge on any atom is -0.391 e. The van der Waals surface area contributed by atoms with Crippen molar-refractivity contribution in [3.8, 4) is 0 Å². The maximum Gasteiger partial charge on any atom is 0.319 e. The Morgan fingerprint density at radius 3 is 2.58 bits per heavy atom. The molecule has 1 fully saturated rings. The molecule has 38 heavy (non-hydrogen) atoms. The van der Waals surface area contributed by atoms with Crippen molar-refractivity contribution in [2.24, 2.45) is 4.99 Å². The van der Waals surface area contributed by atoms with E-state index in [4.69, 9.17) is 9.72 Å². The van der Waals surface area contributed by atoms with Gasteiger partial charge in [-0.05, 0) is 79.8 Å². The largest absolute Gasteiger partial charge is 0.391 e. The molecule has 1 aromatic carbocycles. The summed E-state index contributed by atoms with van der Waals surface area (Å²) in [6.07, 6.45) is 4.97. The first kappa shape index (κ1) is 27.9. The lowest BCUT2D eigenvalue weighted by Gasteiger charge is -2.41. The number of amides is 2. The Labute approximate surface area is 224 Å². The molecular formula is C30H39FN4O3. The highest BCUT2D eigenvalue weighted by molar-refractivity contribution is 6.09. The summed E-state index contributed by atoms with van der Waals surface area (Å²) in [4.78, 5) is 22.5. The lowest BCUT2D eigenvalue weighted by Crippen LogP contribution is -2.45. The van der Waals surface area contributed by atoms with Crippen LogP contribution in [0.4, 0.5) is 14.9 Å². The van der Waals surface area contributed by atoms with Crippen LogP contribution in [0.5, 0.6) is 0 Å². The monoisotopic (exact) mass is 522 g/mol. The number of nitrogens with zero attached hydrogens (tertiary/aromatic N) is 2. The van der Waals surface area contributed by atoms with Gasteiger partial charge in [0.05, 0.1) is 29.2 Å². The first-order valence-corrected chi connectivity index (χ1v) is 13.3. The van der Waals surface area contributed by atoms with Gasteiger partial charge in [0.1, 0.15) is 5.82 Å². The predicted molar refractivity (Wildman–Crippen MR) is 150 cm³/mol. The fraction of sp³-hybridized carbons (Fsp3) is 0.500. The number of pyridine rings is 1. The third kappa shape index (κ3) is 5.66. The van der Waals surface area contributed by atoms with Crippen molar-refractivity contribution in [2.75, 3.05) is 25.6 Å². The van der Waals surface area contributed by atoms with Crippen LogP contribution in [0, 0.1) is 19.7 Å². The molecule has 0 bridgehead atoms. The number of halogens is 1. The van der Waals surface area contributed by atoms with Crippen LogP contribution in [0.25, 0.3) is 5.57 Å². The van der Waals surface area contributed by atoms with Gasteiger partial charge in [0, 0.05) is 38.0 Å². The summed E-state index contributed by atoms with van der Waals surface area (Å²) in [7, 11) is 1.73. The van der Waals surface area contributed by atoms with E-state index in [1.54, 1.807) is 20.2 Å². The molecule has 1 saturated heterocycles. The molecule has 2 amide bonds. The topological polar surface area (TPSA) is 95.8 Å². The number of hydrogen-bond donors (Lipinski definition) is 3. The van der Waals surface area contributed by atoms with Crippen molar-refractivity contribution in [1.29, 1.82) is 0 Å². The summed E-state index contributed by atoms with van der Waals surface area (Å²) in [6.45, 7) is 11.0. The van der Waals surface area contributed by atoms with Crippen LogP contribution in [-0.2, 0) is 10.2 Å². The molecular weight excluding hydrogens is 483 g/mol. The van der Waals surface area contributed by atoms with Gasteiger partial charge in [0.15, 0.2) is 0 Å². The summed E-state index contributed by atoms with van der Waals surface area (Å²) < 4.78 is 20.2. The molecule has 1 aliphatic heterocycles. The summed E-state index contributed by atoms with van der Waals surface area (Å²) in [6, 6.07) is 4.02. The van der Waals surface area contributed by atoms with Crippen LogP contribution in [0.3, 0.4) is 0 Å². The zero-order valence-corrected chi connectivity index (χ0v) is 23.2. The van der Waals surface area contributed by atoms with E-state index in [1.165, 1.54) is 6.07 Å². The lowest BCUT2D eigenvalue weighted by molar-refractivity contribution is 0.0845. The number of ether oxygens (including phenoxy) is 1. The number of allylic oxidation sites excluding steroid dienone is 2. The number of fused-ring (bicyclic) bond motifs is 1. The van der Waals surface area contributed by atoms with Crippen LogP contribution in [0.15, 0.2) is 29.3 Å². The highest BCUT2D eigenvalue weighted by Crippen LogP contribution is 2.43. The average molecular weight is 523 g/mol. The number of aliphatic hydroxyl groups is 1. The molecule has 204 valence electrons. The summed E-state index contributed by atoms with van der Waals surface area (Å²) in [5.41, 5.74) is 5.83. The van der Waals surface area contributed by atoms with Gasteiger partial charge in [0.25, 0.3) is 0 Å². The Hall–Kier alpha value is -3.10. The number of benzene rings is 1. The molecule has 0 radical (unpaired) electrons. The van der Waals surface area contributed by atoms with Crippen molar-refractivity contribution in [2.45, 2.75) is 77.4 Å². The number of carbonyl (C=O) groups is 1. The third-order valence-electron chi connectivity index (χ3n) is 7.74. The van der Waals surface area contributed by atoms with Gasteiger partial charge in [-0.3, -0.25) is 9.98 Å². The van der Waals surface area contributed by atoms with Crippen LogP contribution in [-0.4, -0.2) is 48.7 Å². The SMILES string of the molecule is C/C=C(\C=NC)c1nc(C2CCOCC2)c(NC(=O)NC2c3cc(F)c(C)cc3C(C)(C)C[C@H]2O)cc1C. The highest BCUT2D eigenvalue weighted by Gasteiger charge is 2.40. The van der Waals surface area contributed by atoms with E-state index in [2.05, 4.69) is 15.6 Å². The molecule has 1 aliphatic carbocycles. The van der Waals surface area contributed by atoms with Gasteiger partial charge in [0.2, 0.25) is 0 Å². The van der Waals surface area contributed by atoms with Crippen LogP contribution >= 0.6 is 0 Å². The zero-order valence-electron chi connectivity index (χ0n) is 23.2. The van der Waals surface area contributed by atoms with E-state index in [1.807, 2.05) is 45.9 Å². The van der Waals surface area contributed by atoms with E-state index >= 15 is 0 Å². The van der Waals surface area contributed by atoms with Crippen LogP contribution in [0.1, 0.15) is 85.6 Å². The predicted octanol–water partition coefficient (Wildman–Crippen LogP) is 5.74. The zero-order chi connectivity index (χ0) is 27.6. The van der Waals surface area contributed by atoms with E-state index in [-0.39, 0.29) is 17.2 Å². The summed E-state index contributed by atoms with van der Waals surface area (Å²) in [5, 5.41) is 16.9. The van der Waals surface area contributed by atoms with Gasteiger partial charge in [-0.2, -0.15) is 0 Å². The minimum atomic E-state index is -0.854. The number of hydrogen-bond acceptors (Lipinski definition) is 5. The number of aromatic nitrogens is 1. The molecule has 1 unspecified atom stereocenters. The first-order chi connectivity index (χ1) is 18.1. The molecule has 4 rings (SSSR count). The van der Waals surface area contributed by atoms with Gasteiger partial charge < -0.3 is 20.5 Å². The van der Waals surface area contributed by atoms with E-state index in [9.17, 15) is 14.3 Å². The highest BCUT2D eigenvalue weighted by atomic mass is 19.1. The number of rotatable bonds is 5. The van der Waals surface area contributed by atoms with Gasteiger partial charge in [-0.15, -0.1) is 0 Å². The number of carbonyl (C=O) groups excluding carboxylic acids is 1. The standard InChI is InChI=1S/C30H39FN4O3/c1-7-19(16-32-6)26-18(3)13-24(27(34-26)20-8-10-38-11-9-20)33-29(37)35-28-21-14-23(31)17(2)12-22(21)30(4,5)15-25(28)36/h7,12-14,16,20,25,28,36H,8-11,15H2,1-6H3,(H2,33,35,37)/b19-7+,32-16?/t25-,28?/m1/s1. The Morgan fingerprint density at radius 1 is 1.21 bits per heavy atom. The number of aliphatic hydroxyl groups excluding tert-OH is 1. The van der Waals surface area contributed by atoms with Crippen molar-refractivity contribution in [3.63, 3.8) is 0 Å². The molecule has 7 nitrogen and oxygen atoms in total. The molecule has 1 aromatic heterocycles. The second kappa shape index (κ2) is 11.3. The van der Waals surface area contributed by atoms with Gasteiger partial charge in [-0.25, -0.2) is 9.18 Å². The summed E-state index contributed by atoms with van der Waals surface area (Å²) in [5.74, 6) is -0.220. The number of anilines is 1. The number of nitrogens with one attached hydrogen (secondary N) is 2. The molecule has 2 aliphatic rings. The van der Waals surface area contributed by atoms with Crippen molar-refractivity contribution in [1.82, 2.24) is 10.3 Å². The Balaban J connectivity index is 1.67. The molecule has 2 atom stereocenters. The van der Waals surface area contributed by atoms with Crippen molar-refractivity contribution in [3.05, 3.63) is 63.7 Å². The molecule has 8 heteroatoms. The fourth-order valence-electron chi connectivity index (χ4n) is 5.69. The van der Waals surface area contributed by atoms with E-state index < -0.39 is 18.2 Å². The lowest BCUT2D eigenvalue weighted by atomic mass is 9.69. The average Bonchev–Trinajstić information content (AvgIpc) is 2.87. The maximum absolute atomic E-state index is 14.6. The fourth-order valence-corrected chi connectivity index (χ4v) is 5.69. The van der Waals surface area contributed by atoms with Crippen LogP contribution in [0.2, 0.25) is 0 Å². The Kier molecular flexibility index (Phi) is 8.33. The quantitative estimate of drug-likeness (QED) is 0.436. The molecule has 3 N–H and O–H groups in total. The molecule has 2 aromatic rings. The second-order valence-electron chi connectivity index (χ2n) is 11.0. The Bertz CT molecular complexity index is 1260. The normalized spacial score (nSPS) is 21.8. The number of aryl methyl sites for hydroxylation is 2. The number of urea groups is 1. The van der Waals surface area contributed by atoms with Gasteiger partial charge >= 0.3 is 6.03 Å². The van der Waals surface area contributed by atoms with Gasteiger partial charge in [-0.1, -0.05) is 26.0 Å². The first-order valence-electron chi connectivity index (χ1n) is 13.3. The van der Waals surface area contributed by atoms with Crippen molar-refractivity contribution < 1.29 is 19.0 Å².